The number of nitrogens with two attached hydrogens (primary N) is 1. The predicted molar refractivity (Wildman–Crippen MR) is 135 cm³/mol. The van der Waals surface area contributed by atoms with Crippen molar-refractivity contribution in [3.05, 3.63) is 94.8 Å². The van der Waals surface area contributed by atoms with Crippen molar-refractivity contribution in [2.75, 3.05) is 20.5 Å². The molecule has 38 heavy (non-hydrogen) atoms. The molecule has 3 aromatic rings. The van der Waals surface area contributed by atoms with Crippen LogP contribution in [0.5, 0.6) is 11.5 Å². The van der Waals surface area contributed by atoms with Crippen molar-refractivity contribution in [2.24, 2.45) is 11.7 Å². The van der Waals surface area contributed by atoms with Crippen molar-refractivity contribution in [2.45, 2.75) is 24.9 Å². The number of ketones is 1. The molecule has 3 aromatic carbocycles. The maximum absolute atomic E-state index is 14.3. The highest BCUT2D eigenvalue weighted by molar-refractivity contribution is 6.02. The highest BCUT2D eigenvalue weighted by Gasteiger charge is 2.57. The van der Waals surface area contributed by atoms with Gasteiger partial charge in [-0.1, -0.05) is 42.0 Å². The van der Waals surface area contributed by atoms with E-state index in [1.165, 1.54) is 36.3 Å². The Kier molecular flexibility index (Phi) is 6.86. The summed E-state index contributed by atoms with van der Waals surface area (Å²) in [6, 6.07) is 15.7. The Morgan fingerprint density at radius 3 is 2.39 bits per heavy atom. The van der Waals surface area contributed by atoms with Crippen LogP contribution in [0, 0.1) is 18.7 Å². The molecule has 1 fully saturated rings. The quantitative estimate of drug-likeness (QED) is 0.480. The molecular formula is C29H27FN2O6. The number of fused-ring (bicyclic) bond motifs is 1. The maximum Gasteiger partial charge on any atom is 0.249 e. The molecule has 4 unspecified atom stereocenters. The van der Waals surface area contributed by atoms with Gasteiger partial charge in [-0.05, 0) is 48.4 Å². The fourth-order valence-electron chi connectivity index (χ4n) is 5.57. The number of likely N-dealkylation sites (tertiary alicyclic amines) is 1. The SMILES string of the molecule is COCC(=O)N1C(C(N)=O)C(c2ccc(F)cc2)C(C(=O)c2cccc(C)c2)C1c1ccc2c(c1)OCO2. The highest BCUT2D eigenvalue weighted by Crippen LogP contribution is 2.52. The number of amides is 2. The summed E-state index contributed by atoms with van der Waals surface area (Å²) in [6.07, 6.45) is 0. The van der Waals surface area contributed by atoms with Crippen LogP contribution in [0.2, 0.25) is 0 Å². The van der Waals surface area contributed by atoms with Gasteiger partial charge in [0.15, 0.2) is 17.3 Å². The molecule has 0 radical (unpaired) electrons. The number of aryl methyl sites for hydroxylation is 1. The normalized spacial score (nSPS) is 21.9. The molecule has 196 valence electrons. The lowest BCUT2D eigenvalue weighted by Crippen LogP contribution is -2.48. The molecule has 9 heteroatoms. The summed E-state index contributed by atoms with van der Waals surface area (Å²) in [5.74, 6) is -2.82. The third-order valence-electron chi connectivity index (χ3n) is 7.11. The standard InChI is InChI=1S/C29H27FN2O6/c1-16-4-3-5-19(12-16)28(34)25-24(17-6-9-20(30)10-7-17)27(29(31)35)32(23(33)14-36-2)26(25)18-8-11-21-22(13-18)38-15-37-21/h3-13,24-27H,14-15H2,1-2H3,(H2,31,35). The number of Topliss-reactive ketones (excluding diaryl/α,β-unsaturated/α-hetero) is 1. The van der Waals surface area contributed by atoms with E-state index in [1.807, 2.05) is 13.0 Å². The van der Waals surface area contributed by atoms with Crippen molar-refractivity contribution < 1.29 is 33.0 Å². The summed E-state index contributed by atoms with van der Waals surface area (Å²) in [4.78, 5) is 42.2. The van der Waals surface area contributed by atoms with E-state index in [-0.39, 0.29) is 19.2 Å². The Bertz CT molecular complexity index is 1390. The maximum atomic E-state index is 14.3. The molecule has 8 nitrogen and oxygen atoms in total. The molecule has 2 N–H and O–H groups in total. The number of carbonyl (C=O) groups is 3. The third-order valence-corrected chi connectivity index (χ3v) is 7.11. The number of hydrogen-bond acceptors (Lipinski definition) is 6. The summed E-state index contributed by atoms with van der Waals surface area (Å²) in [7, 11) is 1.37. The van der Waals surface area contributed by atoms with Crippen LogP contribution in [0.25, 0.3) is 0 Å². The minimum absolute atomic E-state index is 0.0452. The highest BCUT2D eigenvalue weighted by atomic mass is 19.1. The van der Waals surface area contributed by atoms with Gasteiger partial charge in [-0.3, -0.25) is 14.4 Å². The number of benzene rings is 3. The van der Waals surface area contributed by atoms with Crippen LogP contribution in [0.1, 0.15) is 39.0 Å². The number of hydrogen-bond donors (Lipinski definition) is 1. The first-order valence-corrected chi connectivity index (χ1v) is 12.2. The van der Waals surface area contributed by atoms with Gasteiger partial charge in [-0.25, -0.2) is 4.39 Å². The van der Waals surface area contributed by atoms with Gasteiger partial charge in [-0.15, -0.1) is 0 Å². The van der Waals surface area contributed by atoms with Gasteiger partial charge >= 0.3 is 0 Å². The van der Waals surface area contributed by atoms with Gasteiger partial charge in [0.1, 0.15) is 18.5 Å². The second-order valence-corrected chi connectivity index (χ2v) is 9.48. The lowest BCUT2D eigenvalue weighted by Gasteiger charge is -2.30. The van der Waals surface area contributed by atoms with Gasteiger partial charge in [-0.2, -0.15) is 0 Å². The van der Waals surface area contributed by atoms with Gasteiger partial charge in [0.05, 0.1) is 12.0 Å². The number of primary amides is 1. The zero-order chi connectivity index (χ0) is 27.0. The topological polar surface area (TPSA) is 108 Å². The summed E-state index contributed by atoms with van der Waals surface area (Å²) < 4.78 is 30.1. The smallest absolute Gasteiger partial charge is 0.249 e. The number of methoxy groups -OCH3 is 1. The van der Waals surface area contributed by atoms with Crippen molar-refractivity contribution in [1.82, 2.24) is 4.90 Å². The van der Waals surface area contributed by atoms with Gasteiger partial charge in [0.25, 0.3) is 0 Å². The van der Waals surface area contributed by atoms with Crippen molar-refractivity contribution in [3.8, 4) is 11.5 Å². The van der Waals surface area contributed by atoms with Crippen LogP contribution in [-0.2, 0) is 14.3 Å². The van der Waals surface area contributed by atoms with Gasteiger partial charge in [0, 0.05) is 18.6 Å². The summed E-state index contributed by atoms with van der Waals surface area (Å²) in [6.45, 7) is 1.59. The summed E-state index contributed by atoms with van der Waals surface area (Å²) >= 11 is 0. The zero-order valence-corrected chi connectivity index (χ0v) is 20.9. The van der Waals surface area contributed by atoms with Gasteiger partial charge < -0.3 is 24.8 Å². The molecule has 2 heterocycles. The molecule has 0 saturated carbocycles. The third kappa shape index (κ3) is 4.50. The van der Waals surface area contributed by atoms with E-state index < -0.39 is 41.6 Å². The Balaban J connectivity index is 1.75. The first kappa shape index (κ1) is 25.4. The molecule has 2 aliphatic rings. The minimum Gasteiger partial charge on any atom is -0.454 e. The van der Waals surface area contributed by atoms with Crippen molar-refractivity contribution in [3.63, 3.8) is 0 Å². The number of carbonyl (C=O) groups excluding carboxylic acids is 3. The van der Waals surface area contributed by atoms with E-state index in [0.29, 0.717) is 28.2 Å². The molecule has 5 rings (SSSR count). The molecule has 2 amide bonds. The Hall–Kier alpha value is -4.24. The zero-order valence-electron chi connectivity index (χ0n) is 20.9. The number of halogens is 1. The molecular weight excluding hydrogens is 491 g/mol. The van der Waals surface area contributed by atoms with Crippen LogP contribution >= 0.6 is 0 Å². The van der Waals surface area contributed by atoms with Crippen LogP contribution in [-0.4, -0.2) is 49.0 Å². The molecule has 0 spiro atoms. The number of nitrogens with zero attached hydrogens (tertiary/aromatic N) is 1. The average molecular weight is 519 g/mol. The van der Waals surface area contributed by atoms with Crippen molar-refractivity contribution in [1.29, 1.82) is 0 Å². The Morgan fingerprint density at radius 2 is 1.71 bits per heavy atom. The van der Waals surface area contributed by atoms with E-state index >= 15 is 0 Å². The second-order valence-electron chi connectivity index (χ2n) is 9.48. The number of ether oxygens (including phenoxy) is 3. The molecule has 0 aliphatic carbocycles. The first-order valence-electron chi connectivity index (χ1n) is 12.2. The fourth-order valence-corrected chi connectivity index (χ4v) is 5.57. The largest absolute Gasteiger partial charge is 0.454 e. The molecule has 2 aliphatic heterocycles. The Morgan fingerprint density at radius 1 is 1.00 bits per heavy atom. The van der Waals surface area contributed by atoms with Crippen LogP contribution in [0.3, 0.4) is 0 Å². The van der Waals surface area contributed by atoms with Crippen molar-refractivity contribution >= 4 is 17.6 Å². The monoisotopic (exact) mass is 518 g/mol. The lowest BCUT2D eigenvalue weighted by atomic mass is 9.76. The minimum atomic E-state index is -1.20. The lowest BCUT2D eigenvalue weighted by molar-refractivity contribution is -0.143. The molecule has 1 saturated heterocycles. The summed E-state index contributed by atoms with van der Waals surface area (Å²) in [5.41, 5.74) is 8.32. The van der Waals surface area contributed by atoms with Crippen LogP contribution in [0.4, 0.5) is 4.39 Å². The number of rotatable bonds is 7. The Labute approximate surface area is 219 Å². The van der Waals surface area contributed by atoms with Crippen LogP contribution in [0.15, 0.2) is 66.7 Å². The fraction of sp³-hybridized carbons (Fsp3) is 0.276. The van der Waals surface area contributed by atoms with Crippen LogP contribution < -0.4 is 15.2 Å². The van der Waals surface area contributed by atoms with E-state index in [0.717, 1.165) is 5.56 Å². The van der Waals surface area contributed by atoms with E-state index in [2.05, 4.69) is 0 Å². The first-order chi connectivity index (χ1) is 18.3. The molecule has 0 aromatic heterocycles. The van der Waals surface area contributed by atoms with E-state index in [1.54, 1.807) is 36.4 Å². The average Bonchev–Trinajstić information content (AvgIpc) is 3.51. The second kappa shape index (κ2) is 10.3. The van der Waals surface area contributed by atoms with E-state index in [9.17, 15) is 18.8 Å². The predicted octanol–water partition coefficient (Wildman–Crippen LogP) is 3.53. The molecule has 4 atom stereocenters. The summed E-state index contributed by atoms with van der Waals surface area (Å²) in [5, 5.41) is 0. The van der Waals surface area contributed by atoms with E-state index in [4.69, 9.17) is 19.9 Å². The van der Waals surface area contributed by atoms with Gasteiger partial charge in [0.2, 0.25) is 18.6 Å². The molecule has 0 bridgehead atoms.